The van der Waals surface area contributed by atoms with Crippen LogP contribution in [0.15, 0.2) is 59.5 Å². The fourth-order valence-electron chi connectivity index (χ4n) is 3.43. The van der Waals surface area contributed by atoms with Gasteiger partial charge in [0, 0.05) is 19.6 Å². The summed E-state index contributed by atoms with van der Waals surface area (Å²) < 4.78 is 40.0. The Bertz CT molecular complexity index is 901. The molecular formula is C21H25FN2O3S. The third kappa shape index (κ3) is 4.77. The molecule has 7 heteroatoms. The molecule has 3 rings (SSSR count). The van der Waals surface area contributed by atoms with Gasteiger partial charge in [-0.25, -0.2) is 12.8 Å². The lowest BCUT2D eigenvalue weighted by atomic mass is 9.97. The van der Waals surface area contributed by atoms with Gasteiger partial charge in [-0.3, -0.25) is 4.79 Å². The first-order valence-electron chi connectivity index (χ1n) is 9.46. The van der Waals surface area contributed by atoms with Crippen molar-refractivity contribution in [1.82, 2.24) is 9.62 Å². The molecule has 150 valence electrons. The van der Waals surface area contributed by atoms with Crippen LogP contribution >= 0.6 is 0 Å². The molecule has 2 aromatic rings. The fraction of sp³-hybridized carbons (Fsp3) is 0.381. The summed E-state index contributed by atoms with van der Waals surface area (Å²) in [5.74, 6) is -0.816. The first-order valence-corrected chi connectivity index (χ1v) is 10.9. The first-order chi connectivity index (χ1) is 13.4. The monoisotopic (exact) mass is 404 g/mol. The number of nitrogens with zero attached hydrogens (tertiary/aromatic N) is 1. The lowest BCUT2D eigenvalue weighted by Crippen LogP contribution is -2.45. The second-order valence-corrected chi connectivity index (χ2v) is 9.15. The second kappa shape index (κ2) is 8.84. The predicted octanol–water partition coefficient (Wildman–Crippen LogP) is 3.15. The highest BCUT2D eigenvalue weighted by Crippen LogP contribution is 2.24. The van der Waals surface area contributed by atoms with E-state index >= 15 is 0 Å². The summed E-state index contributed by atoms with van der Waals surface area (Å²) >= 11 is 0. The summed E-state index contributed by atoms with van der Waals surface area (Å²) in [5, 5.41) is 2.96. The van der Waals surface area contributed by atoms with Crippen LogP contribution in [-0.4, -0.2) is 38.3 Å². The molecule has 1 saturated heterocycles. The van der Waals surface area contributed by atoms with Crippen molar-refractivity contribution in [3.8, 4) is 0 Å². The predicted molar refractivity (Wildman–Crippen MR) is 106 cm³/mol. The van der Waals surface area contributed by atoms with E-state index in [1.54, 1.807) is 0 Å². The average molecular weight is 405 g/mol. The zero-order valence-electron chi connectivity index (χ0n) is 15.8. The minimum absolute atomic E-state index is 0.0488. The van der Waals surface area contributed by atoms with Gasteiger partial charge in [-0.05, 0) is 48.6 Å². The lowest BCUT2D eigenvalue weighted by molar-refractivity contribution is -0.126. The molecule has 5 nitrogen and oxygen atoms in total. The van der Waals surface area contributed by atoms with Gasteiger partial charge < -0.3 is 5.32 Å². The quantitative estimate of drug-likeness (QED) is 0.804. The normalized spacial score (nSPS) is 19.1. The Morgan fingerprint density at radius 3 is 2.54 bits per heavy atom. The summed E-state index contributed by atoms with van der Waals surface area (Å²) in [5.41, 5.74) is 1.15. The van der Waals surface area contributed by atoms with E-state index in [-0.39, 0.29) is 29.2 Å². The molecule has 0 spiro atoms. The number of amides is 1. The Balaban J connectivity index is 1.61. The lowest BCUT2D eigenvalue weighted by Gasteiger charge is -2.31. The molecule has 2 atom stereocenters. The van der Waals surface area contributed by atoms with Gasteiger partial charge in [0.15, 0.2) is 0 Å². The minimum Gasteiger partial charge on any atom is -0.355 e. The average Bonchev–Trinajstić information content (AvgIpc) is 2.72. The number of sulfonamides is 1. The van der Waals surface area contributed by atoms with Gasteiger partial charge in [0.1, 0.15) is 5.82 Å². The second-order valence-electron chi connectivity index (χ2n) is 7.21. The Labute approximate surface area is 165 Å². The van der Waals surface area contributed by atoms with Crippen LogP contribution in [0.5, 0.6) is 0 Å². The molecule has 1 fully saturated rings. The molecule has 1 aliphatic rings. The molecule has 2 aromatic carbocycles. The highest BCUT2D eigenvalue weighted by Gasteiger charge is 2.33. The number of benzene rings is 2. The minimum atomic E-state index is -3.73. The molecule has 1 amide bonds. The molecule has 0 aromatic heterocycles. The van der Waals surface area contributed by atoms with Crippen molar-refractivity contribution in [3.05, 3.63) is 66.0 Å². The van der Waals surface area contributed by atoms with Crippen LogP contribution < -0.4 is 5.32 Å². The maximum atomic E-state index is 13.1. The molecule has 28 heavy (non-hydrogen) atoms. The number of carbonyl (C=O) groups is 1. The van der Waals surface area contributed by atoms with E-state index < -0.39 is 15.8 Å². The van der Waals surface area contributed by atoms with E-state index in [1.165, 1.54) is 16.4 Å². The highest BCUT2D eigenvalue weighted by atomic mass is 32.2. The number of piperidine rings is 1. The summed E-state index contributed by atoms with van der Waals surface area (Å²) in [4.78, 5) is 12.7. The van der Waals surface area contributed by atoms with Crippen LogP contribution in [0.1, 0.15) is 31.2 Å². The Kier molecular flexibility index (Phi) is 6.46. The summed E-state index contributed by atoms with van der Waals surface area (Å²) in [7, 11) is -3.73. The molecule has 0 saturated carbocycles. The smallest absolute Gasteiger partial charge is 0.243 e. The molecular weight excluding hydrogens is 379 g/mol. The van der Waals surface area contributed by atoms with Crippen molar-refractivity contribution in [2.75, 3.05) is 19.6 Å². The fourth-order valence-corrected chi connectivity index (χ4v) is 4.95. The van der Waals surface area contributed by atoms with Crippen LogP contribution in [0, 0.1) is 11.7 Å². The van der Waals surface area contributed by atoms with Crippen molar-refractivity contribution < 1.29 is 17.6 Å². The maximum Gasteiger partial charge on any atom is 0.243 e. The van der Waals surface area contributed by atoms with Crippen molar-refractivity contribution in [2.24, 2.45) is 5.92 Å². The number of nitrogens with one attached hydrogen (secondary N) is 1. The Morgan fingerprint density at radius 1 is 1.18 bits per heavy atom. The van der Waals surface area contributed by atoms with Crippen molar-refractivity contribution >= 4 is 15.9 Å². The zero-order chi connectivity index (χ0) is 20.1. The van der Waals surface area contributed by atoms with Crippen LogP contribution in [0.4, 0.5) is 4.39 Å². The largest absolute Gasteiger partial charge is 0.355 e. The van der Waals surface area contributed by atoms with Gasteiger partial charge in [0.05, 0.1) is 10.8 Å². The standard InChI is InChI=1S/C21H25FN2O3S/c1-16(17-6-3-2-4-7-17)14-23-21(25)18-8-5-13-24(15-18)28(26,27)20-11-9-19(22)10-12-20/h2-4,6-7,9-12,16,18H,5,8,13-15H2,1H3,(H,23,25)/t16-,18-/m1/s1. The molecule has 1 aliphatic heterocycles. The van der Waals surface area contributed by atoms with Gasteiger partial charge in [0.25, 0.3) is 0 Å². The van der Waals surface area contributed by atoms with Crippen molar-refractivity contribution in [2.45, 2.75) is 30.6 Å². The van der Waals surface area contributed by atoms with Gasteiger partial charge in [-0.15, -0.1) is 0 Å². The molecule has 0 unspecified atom stereocenters. The van der Waals surface area contributed by atoms with E-state index in [4.69, 9.17) is 0 Å². The van der Waals surface area contributed by atoms with E-state index in [2.05, 4.69) is 5.32 Å². The number of rotatable bonds is 6. The Morgan fingerprint density at radius 2 is 1.86 bits per heavy atom. The zero-order valence-corrected chi connectivity index (χ0v) is 16.7. The summed E-state index contributed by atoms with van der Waals surface area (Å²) in [6.07, 6.45) is 1.27. The SMILES string of the molecule is C[C@H](CNC(=O)[C@@H]1CCCN(S(=O)(=O)c2ccc(F)cc2)C1)c1ccccc1. The van der Waals surface area contributed by atoms with E-state index in [1.807, 2.05) is 37.3 Å². The van der Waals surface area contributed by atoms with E-state index in [0.29, 0.717) is 25.9 Å². The topological polar surface area (TPSA) is 66.5 Å². The summed E-state index contributed by atoms with van der Waals surface area (Å²) in [6.45, 7) is 3.06. The van der Waals surface area contributed by atoms with Crippen LogP contribution in [-0.2, 0) is 14.8 Å². The molecule has 1 heterocycles. The number of carbonyl (C=O) groups excluding carboxylic acids is 1. The highest BCUT2D eigenvalue weighted by molar-refractivity contribution is 7.89. The molecule has 1 N–H and O–H groups in total. The van der Waals surface area contributed by atoms with Crippen molar-refractivity contribution in [3.63, 3.8) is 0 Å². The van der Waals surface area contributed by atoms with Gasteiger partial charge in [-0.1, -0.05) is 37.3 Å². The van der Waals surface area contributed by atoms with E-state index in [9.17, 15) is 17.6 Å². The first kappa shape index (κ1) is 20.5. The maximum absolute atomic E-state index is 13.1. The molecule has 0 aliphatic carbocycles. The molecule has 0 bridgehead atoms. The Hall–Kier alpha value is -2.25. The van der Waals surface area contributed by atoms with Crippen LogP contribution in [0.2, 0.25) is 0 Å². The van der Waals surface area contributed by atoms with Crippen molar-refractivity contribution in [1.29, 1.82) is 0 Å². The number of halogens is 1. The van der Waals surface area contributed by atoms with Crippen LogP contribution in [0.25, 0.3) is 0 Å². The third-order valence-electron chi connectivity index (χ3n) is 5.16. The van der Waals surface area contributed by atoms with Crippen LogP contribution in [0.3, 0.4) is 0 Å². The van der Waals surface area contributed by atoms with Gasteiger partial charge in [0.2, 0.25) is 15.9 Å². The van der Waals surface area contributed by atoms with Gasteiger partial charge >= 0.3 is 0 Å². The van der Waals surface area contributed by atoms with E-state index in [0.717, 1.165) is 17.7 Å². The third-order valence-corrected chi connectivity index (χ3v) is 7.04. The van der Waals surface area contributed by atoms with Gasteiger partial charge in [-0.2, -0.15) is 4.31 Å². The number of hydrogen-bond acceptors (Lipinski definition) is 3. The number of hydrogen-bond donors (Lipinski definition) is 1. The summed E-state index contributed by atoms with van der Waals surface area (Å²) in [6, 6.07) is 14.7. The molecule has 0 radical (unpaired) electrons.